The Hall–Kier alpha value is -2.98. The highest BCUT2D eigenvalue weighted by atomic mass is 19.3. The second-order valence-electron chi connectivity index (χ2n) is 10.1. The summed E-state index contributed by atoms with van der Waals surface area (Å²) in [6, 6.07) is 19.3. The third-order valence-corrected chi connectivity index (χ3v) is 7.21. The fourth-order valence-electron chi connectivity index (χ4n) is 5.28. The average Bonchev–Trinajstić information content (AvgIpc) is 3.56. The smallest absolute Gasteiger partial charge is 0.310 e. The van der Waals surface area contributed by atoms with E-state index in [1.54, 1.807) is 13.8 Å². The van der Waals surface area contributed by atoms with Gasteiger partial charge in [-0.2, -0.15) is 0 Å². The number of carbonyl (C=O) groups excluding carboxylic acids is 2. The summed E-state index contributed by atoms with van der Waals surface area (Å²) in [7, 11) is 0. The Morgan fingerprint density at radius 2 is 1.02 bits per heavy atom. The number of rotatable bonds is 10. The van der Waals surface area contributed by atoms with Crippen molar-refractivity contribution < 1.29 is 36.6 Å². The van der Waals surface area contributed by atoms with Gasteiger partial charge in [0, 0.05) is 51.1 Å². The molecule has 2 aromatic carbocycles. The molecule has 220 valence electrons. The van der Waals surface area contributed by atoms with Gasteiger partial charge >= 0.3 is 11.9 Å². The first-order chi connectivity index (χ1) is 19.2. The van der Waals surface area contributed by atoms with Crippen LogP contribution >= 0.6 is 0 Å². The molecule has 2 aliphatic rings. The van der Waals surface area contributed by atoms with Gasteiger partial charge in [-0.3, -0.25) is 19.4 Å². The molecule has 40 heavy (non-hydrogen) atoms. The van der Waals surface area contributed by atoms with Gasteiger partial charge in [-0.1, -0.05) is 60.7 Å². The largest absolute Gasteiger partial charge is 0.466 e. The number of carbonyl (C=O) groups is 2. The first-order valence-electron chi connectivity index (χ1n) is 13.7. The van der Waals surface area contributed by atoms with Crippen LogP contribution in [-0.4, -0.2) is 74.0 Å². The third kappa shape index (κ3) is 9.02. The van der Waals surface area contributed by atoms with Gasteiger partial charge in [0.05, 0.1) is 25.0 Å². The molecule has 0 aliphatic carbocycles. The maximum absolute atomic E-state index is 13.1. The maximum atomic E-state index is 13.1. The van der Waals surface area contributed by atoms with Gasteiger partial charge in [0.15, 0.2) is 0 Å². The Kier molecular flexibility index (Phi) is 12.4. The molecule has 0 unspecified atom stereocenters. The molecule has 2 fully saturated rings. The molecule has 0 radical (unpaired) electrons. The van der Waals surface area contributed by atoms with E-state index in [0.717, 1.165) is 11.1 Å². The van der Waals surface area contributed by atoms with Gasteiger partial charge in [0.25, 0.3) is 0 Å². The van der Waals surface area contributed by atoms with E-state index >= 15 is 0 Å². The number of hydrogen-bond donors (Lipinski definition) is 0. The quantitative estimate of drug-likeness (QED) is 0.294. The van der Waals surface area contributed by atoms with Gasteiger partial charge in [-0.25, -0.2) is 17.6 Å². The number of alkyl halides is 4. The lowest BCUT2D eigenvalue weighted by Gasteiger charge is -2.15. The van der Waals surface area contributed by atoms with Crippen LogP contribution in [-0.2, 0) is 32.2 Å². The van der Waals surface area contributed by atoms with E-state index in [-0.39, 0.29) is 26.3 Å². The van der Waals surface area contributed by atoms with Crippen molar-refractivity contribution in [1.29, 1.82) is 0 Å². The molecule has 4 rings (SSSR count). The van der Waals surface area contributed by atoms with E-state index < -0.39 is 48.5 Å². The van der Waals surface area contributed by atoms with Crippen molar-refractivity contribution in [3.63, 3.8) is 0 Å². The minimum Gasteiger partial charge on any atom is -0.466 e. The van der Waals surface area contributed by atoms with Crippen LogP contribution in [0, 0.1) is 23.7 Å². The zero-order chi connectivity index (χ0) is 29.1. The first kappa shape index (κ1) is 31.5. The van der Waals surface area contributed by atoms with E-state index in [4.69, 9.17) is 9.47 Å². The van der Waals surface area contributed by atoms with Crippen LogP contribution in [0.1, 0.15) is 25.0 Å². The Bertz CT molecular complexity index is 961. The SMILES string of the molecule is CCOC(=O)[C@@H]1CN(Cc2ccccc2)C[C@H]1C(F)F.CCOC(=O)[C@H]1CN(Cc2ccccc2)C[C@@H]1C(F)F. The summed E-state index contributed by atoms with van der Waals surface area (Å²) in [6.45, 7) is 6.13. The van der Waals surface area contributed by atoms with E-state index in [1.165, 1.54) is 0 Å². The number of nitrogens with zero attached hydrogens (tertiary/aromatic N) is 2. The van der Waals surface area contributed by atoms with Gasteiger partial charge in [0.2, 0.25) is 12.9 Å². The first-order valence-corrected chi connectivity index (χ1v) is 13.7. The van der Waals surface area contributed by atoms with E-state index in [9.17, 15) is 27.2 Å². The minimum atomic E-state index is -2.50. The summed E-state index contributed by atoms with van der Waals surface area (Å²) in [6.07, 6.45) is -4.99. The molecule has 0 bridgehead atoms. The Morgan fingerprint density at radius 1 is 0.675 bits per heavy atom. The molecule has 2 heterocycles. The van der Waals surface area contributed by atoms with Crippen molar-refractivity contribution in [2.24, 2.45) is 23.7 Å². The molecule has 0 amide bonds. The normalized spacial score (nSPS) is 23.2. The molecule has 2 aliphatic heterocycles. The number of hydrogen-bond acceptors (Lipinski definition) is 6. The van der Waals surface area contributed by atoms with Crippen molar-refractivity contribution >= 4 is 11.9 Å². The molecule has 0 N–H and O–H groups in total. The van der Waals surface area contributed by atoms with E-state index in [0.29, 0.717) is 26.2 Å². The van der Waals surface area contributed by atoms with Crippen molar-refractivity contribution in [3.8, 4) is 0 Å². The van der Waals surface area contributed by atoms with Crippen LogP contribution in [0.4, 0.5) is 17.6 Å². The number of ether oxygens (including phenoxy) is 2. The molecule has 0 spiro atoms. The predicted molar refractivity (Wildman–Crippen MR) is 143 cm³/mol. The standard InChI is InChI=1S/2C15H19F2NO2/c2*1-2-20-15(19)13-10-18(9-12(13)14(16)17)8-11-6-4-3-5-7-11/h2*3-7,12-14H,2,8-10H2,1H3/t2*12-,13-/m10/s1. The predicted octanol–water partition coefficient (Wildman–Crippen LogP) is 5.13. The minimum absolute atomic E-state index is 0.226. The van der Waals surface area contributed by atoms with Crippen molar-refractivity contribution in [2.75, 3.05) is 39.4 Å². The number of benzene rings is 2. The Labute approximate surface area is 233 Å². The molecule has 0 saturated carbocycles. The molecule has 4 atom stereocenters. The van der Waals surface area contributed by atoms with Crippen LogP contribution < -0.4 is 0 Å². The lowest BCUT2D eigenvalue weighted by Crippen LogP contribution is -2.29. The van der Waals surface area contributed by atoms with Gasteiger partial charge < -0.3 is 9.47 Å². The van der Waals surface area contributed by atoms with Gasteiger partial charge in [0.1, 0.15) is 0 Å². The summed E-state index contributed by atoms with van der Waals surface area (Å²) < 4.78 is 62.1. The molecular weight excluding hydrogens is 528 g/mol. The van der Waals surface area contributed by atoms with E-state index in [1.807, 2.05) is 70.5 Å². The van der Waals surface area contributed by atoms with Crippen molar-refractivity contribution in [1.82, 2.24) is 9.80 Å². The summed E-state index contributed by atoms with van der Waals surface area (Å²) in [4.78, 5) is 27.3. The Morgan fingerprint density at radius 3 is 1.32 bits per heavy atom. The average molecular weight is 567 g/mol. The molecular formula is C30H38F4N2O4. The second-order valence-corrected chi connectivity index (χ2v) is 10.1. The van der Waals surface area contributed by atoms with Crippen molar-refractivity contribution in [3.05, 3.63) is 71.8 Å². The zero-order valence-corrected chi connectivity index (χ0v) is 22.9. The topological polar surface area (TPSA) is 59.1 Å². The highest BCUT2D eigenvalue weighted by molar-refractivity contribution is 5.74. The van der Waals surface area contributed by atoms with Crippen LogP contribution in [0.25, 0.3) is 0 Å². The number of likely N-dealkylation sites (tertiary alicyclic amines) is 2. The molecule has 2 saturated heterocycles. The lowest BCUT2D eigenvalue weighted by molar-refractivity contribution is -0.151. The fraction of sp³-hybridized carbons (Fsp3) is 0.533. The molecule has 10 heteroatoms. The monoisotopic (exact) mass is 566 g/mol. The maximum Gasteiger partial charge on any atom is 0.310 e. The highest BCUT2D eigenvalue weighted by Crippen LogP contribution is 2.32. The lowest BCUT2D eigenvalue weighted by atomic mass is 9.97. The summed E-state index contributed by atoms with van der Waals surface area (Å²) >= 11 is 0. The Balaban J connectivity index is 0.000000220. The van der Waals surface area contributed by atoms with Crippen molar-refractivity contribution in [2.45, 2.75) is 39.8 Å². The summed E-state index contributed by atoms with van der Waals surface area (Å²) in [5, 5.41) is 0. The van der Waals surface area contributed by atoms with Crippen LogP contribution in [0.2, 0.25) is 0 Å². The molecule has 2 aromatic rings. The number of esters is 2. The van der Waals surface area contributed by atoms with Gasteiger partial charge in [-0.15, -0.1) is 0 Å². The molecule has 6 nitrogen and oxygen atoms in total. The van der Waals surface area contributed by atoms with Crippen LogP contribution in [0.5, 0.6) is 0 Å². The second kappa shape index (κ2) is 15.7. The van der Waals surface area contributed by atoms with E-state index in [2.05, 4.69) is 0 Å². The van der Waals surface area contributed by atoms with Crippen LogP contribution in [0.15, 0.2) is 60.7 Å². The summed E-state index contributed by atoms with van der Waals surface area (Å²) in [5.41, 5.74) is 2.12. The summed E-state index contributed by atoms with van der Waals surface area (Å²) in [5.74, 6) is -4.32. The zero-order valence-electron chi connectivity index (χ0n) is 22.9. The molecule has 0 aromatic heterocycles. The third-order valence-electron chi connectivity index (χ3n) is 7.21. The van der Waals surface area contributed by atoms with Gasteiger partial charge in [-0.05, 0) is 25.0 Å². The number of halogens is 4. The fourth-order valence-corrected chi connectivity index (χ4v) is 5.28. The highest BCUT2D eigenvalue weighted by Gasteiger charge is 2.44. The van der Waals surface area contributed by atoms with Crippen LogP contribution in [0.3, 0.4) is 0 Å².